The van der Waals surface area contributed by atoms with Crippen LogP contribution in [0.4, 0.5) is 30.4 Å². The smallest absolute Gasteiger partial charge is 0.417 e. The molecule has 0 bridgehead atoms. The molecule has 11 heteroatoms. The fraction of sp³-hybridized carbons (Fsp3) is 0.304. The van der Waals surface area contributed by atoms with Crippen molar-refractivity contribution < 1.29 is 32.5 Å². The normalized spacial score (nSPS) is 14.2. The van der Waals surface area contributed by atoms with E-state index in [1.54, 1.807) is 6.07 Å². The number of nitrogens with one attached hydrogen (secondary N) is 2. The fourth-order valence-electron chi connectivity index (χ4n) is 3.93. The zero-order valence-electron chi connectivity index (χ0n) is 18.5. The molecule has 0 unspecified atom stereocenters. The van der Waals surface area contributed by atoms with Gasteiger partial charge in [-0.1, -0.05) is 0 Å². The van der Waals surface area contributed by atoms with Crippen LogP contribution in [0, 0.1) is 0 Å². The summed E-state index contributed by atoms with van der Waals surface area (Å²) in [6, 6.07) is 8.38. The van der Waals surface area contributed by atoms with E-state index in [0.717, 1.165) is 44.0 Å². The van der Waals surface area contributed by atoms with Crippen molar-refractivity contribution in [3.63, 3.8) is 0 Å². The highest BCUT2D eigenvalue weighted by molar-refractivity contribution is 5.98. The second kappa shape index (κ2) is 9.26. The van der Waals surface area contributed by atoms with Gasteiger partial charge in [0.25, 0.3) is 0 Å². The van der Waals surface area contributed by atoms with Gasteiger partial charge in [-0.05, 0) is 24.3 Å². The number of carbonyl (C=O) groups is 1. The maximum atomic E-state index is 13.9. The SMILES string of the molecule is COc1cc(N2CCNCC2)ccc1Nc1cc(C(F)(F)F)c2cc(C(=O)O)c(OC)cc2n1. The average molecular weight is 476 g/mol. The molecule has 180 valence electrons. The Morgan fingerprint density at radius 2 is 1.79 bits per heavy atom. The summed E-state index contributed by atoms with van der Waals surface area (Å²) in [7, 11) is 2.72. The van der Waals surface area contributed by atoms with Gasteiger partial charge >= 0.3 is 12.1 Å². The number of ether oxygens (including phenoxy) is 2. The van der Waals surface area contributed by atoms with Gasteiger partial charge in [0.15, 0.2) is 0 Å². The molecule has 3 N–H and O–H groups in total. The molecular weight excluding hydrogens is 453 g/mol. The number of aromatic carboxylic acids is 1. The molecule has 8 nitrogen and oxygen atoms in total. The van der Waals surface area contributed by atoms with Crippen LogP contribution in [0.5, 0.6) is 11.5 Å². The van der Waals surface area contributed by atoms with Crippen molar-refractivity contribution in [3.8, 4) is 11.5 Å². The molecule has 34 heavy (non-hydrogen) atoms. The van der Waals surface area contributed by atoms with E-state index < -0.39 is 17.7 Å². The lowest BCUT2D eigenvalue weighted by molar-refractivity contribution is -0.136. The topological polar surface area (TPSA) is 96.0 Å². The zero-order valence-corrected chi connectivity index (χ0v) is 18.5. The van der Waals surface area contributed by atoms with Crippen molar-refractivity contribution in [3.05, 3.63) is 47.5 Å². The first-order valence-electron chi connectivity index (χ1n) is 10.4. The van der Waals surface area contributed by atoms with Crippen LogP contribution < -0.4 is 25.0 Å². The molecule has 0 aliphatic carbocycles. The number of benzene rings is 2. The van der Waals surface area contributed by atoms with Crippen LogP contribution in [0.25, 0.3) is 10.9 Å². The molecular formula is C23H23F3N4O4. The van der Waals surface area contributed by atoms with Gasteiger partial charge in [-0.15, -0.1) is 0 Å². The molecule has 1 aliphatic rings. The highest BCUT2D eigenvalue weighted by Gasteiger charge is 2.34. The number of hydrogen-bond acceptors (Lipinski definition) is 7. The number of halogens is 3. The third-order valence-electron chi connectivity index (χ3n) is 5.60. The van der Waals surface area contributed by atoms with Gasteiger partial charge in [0, 0.05) is 49.4 Å². The van der Waals surface area contributed by atoms with Crippen LogP contribution in [0.1, 0.15) is 15.9 Å². The first kappa shape index (κ1) is 23.4. The summed E-state index contributed by atoms with van der Waals surface area (Å²) in [5.41, 5.74) is -0.0712. The lowest BCUT2D eigenvalue weighted by Gasteiger charge is -2.30. The molecule has 3 aromatic rings. The van der Waals surface area contributed by atoms with E-state index in [2.05, 4.69) is 20.5 Å². The number of alkyl halides is 3. The number of aromatic nitrogens is 1. The molecule has 1 saturated heterocycles. The minimum Gasteiger partial charge on any atom is -0.496 e. The Morgan fingerprint density at radius 3 is 2.41 bits per heavy atom. The summed E-state index contributed by atoms with van der Waals surface area (Å²) in [5.74, 6) is -1.11. The van der Waals surface area contributed by atoms with Gasteiger partial charge in [0.05, 0.1) is 31.0 Å². The lowest BCUT2D eigenvalue weighted by Crippen LogP contribution is -2.43. The maximum absolute atomic E-state index is 13.9. The Hall–Kier alpha value is -3.73. The van der Waals surface area contributed by atoms with Gasteiger partial charge in [0.2, 0.25) is 0 Å². The molecule has 0 atom stereocenters. The van der Waals surface area contributed by atoms with Gasteiger partial charge in [0.1, 0.15) is 22.9 Å². The second-order valence-corrected chi connectivity index (χ2v) is 7.67. The summed E-state index contributed by atoms with van der Waals surface area (Å²) < 4.78 is 52.2. The molecule has 1 fully saturated rings. The second-order valence-electron chi connectivity index (χ2n) is 7.67. The number of carboxylic acids is 1. The van der Waals surface area contributed by atoms with Crippen LogP contribution in [-0.4, -0.2) is 56.5 Å². The van der Waals surface area contributed by atoms with Gasteiger partial charge in [-0.25, -0.2) is 9.78 Å². The van der Waals surface area contributed by atoms with Crippen LogP contribution >= 0.6 is 0 Å². The van der Waals surface area contributed by atoms with Crippen LogP contribution in [0.15, 0.2) is 36.4 Å². The predicted molar refractivity (Wildman–Crippen MR) is 122 cm³/mol. The third kappa shape index (κ3) is 4.65. The Labute approximate surface area is 193 Å². The monoisotopic (exact) mass is 476 g/mol. The molecule has 0 spiro atoms. The first-order valence-corrected chi connectivity index (χ1v) is 10.4. The highest BCUT2D eigenvalue weighted by Crippen LogP contribution is 2.39. The molecule has 2 heterocycles. The molecule has 2 aromatic carbocycles. The quantitative estimate of drug-likeness (QED) is 0.489. The molecule has 1 aliphatic heterocycles. The fourth-order valence-corrected chi connectivity index (χ4v) is 3.93. The third-order valence-corrected chi connectivity index (χ3v) is 5.60. The number of methoxy groups -OCH3 is 2. The summed E-state index contributed by atoms with van der Waals surface area (Å²) in [6.07, 6.45) is -4.74. The number of rotatable bonds is 6. The maximum Gasteiger partial charge on any atom is 0.417 e. The standard InChI is InChI=1S/C23H23F3N4O4/c1-33-19-12-18-14(10-15(19)22(31)32)16(23(24,25)26)11-21(29-18)28-17-4-3-13(9-20(17)34-2)30-7-5-27-6-8-30/h3-4,9-12,27H,5-8H2,1-2H3,(H,28,29)(H,31,32). The van der Waals surface area contributed by atoms with Crippen molar-refractivity contribution in [1.82, 2.24) is 10.3 Å². The van der Waals surface area contributed by atoms with E-state index in [4.69, 9.17) is 9.47 Å². The number of hydrogen-bond donors (Lipinski definition) is 3. The summed E-state index contributed by atoms with van der Waals surface area (Å²) in [4.78, 5) is 18.0. The van der Waals surface area contributed by atoms with Crippen molar-refractivity contribution in [2.75, 3.05) is 50.6 Å². The zero-order chi connectivity index (χ0) is 24.5. The minimum absolute atomic E-state index is 0.0596. The van der Waals surface area contributed by atoms with Gasteiger partial charge in [-0.3, -0.25) is 0 Å². The molecule has 1 aromatic heterocycles. The summed E-state index contributed by atoms with van der Waals surface area (Å²) in [6.45, 7) is 3.38. The van der Waals surface area contributed by atoms with Crippen molar-refractivity contribution in [1.29, 1.82) is 0 Å². The highest BCUT2D eigenvalue weighted by atomic mass is 19.4. The Morgan fingerprint density at radius 1 is 1.09 bits per heavy atom. The Kier molecular flexibility index (Phi) is 6.38. The van der Waals surface area contributed by atoms with Crippen molar-refractivity contribution >= 4 is 34.1 Å². The summed E-state index contributed by atoms with van der Waals surface area (Å²) in [5, 5.41) is 15.2. The van der Waals surface area contributed by atoms with Crippen molar-refractivity contribution in [2.24, 2.45) is 0 Å². The van der Waals surface area contributed by atoms with Crippen LogP contribution in [0.2, 0.25) is 0 Å². The molecule has 0 radical (unpaired) electrons. The number of carboxylic acid groups (broad SMARTS) is 1. The number of nitrogens with zero attached hydrogens (tertiary/aromatic N) is 2. The van der Waals surface area contributed by atoms with Crippen LogP contribution in [0.3, 0.4) is 0 Å². The van der Waals surface area contributed by atoms with Crippen LogP contribution in [-0.2, 0) is 6.18 Å². The number of piperazine rings is 1. The molecule has 0 saturated carbocycles. The lowest BCUT2D eigenvalue weighted by atomic mass is 10.0. The Balaban J connectivity index is 1.77. The number of pyridine rings is 1. The minimum atomic E-state index is -4.74. The number of fused-ring (bicyclic) bond motifs is 1. The Bertz CT molecular complexity index is 1230. The predicted octanol–water partition coefficient (Wildman–Crippen LogP) is 4.12. The van der Waals surface area contributed by atoms with Gasteiger partial charge in [-0.2, -0.15) is 13.2 Å². The average Bonchev–Trinajstić information content (AvgIpc) is 2.82. The van der Waals surface area contributed by atoms with E-state index >= 15 is 0 Å². The number of anilines is 3. The molecule has 4 rings (SSSR count). The van der Waals surface area contributed by atoms with E-state index in [1.165, 1.54) is 20.3 Å². The molecule has 0 amide bonds. The largest absolute Gasteiger partial charge is 0.496 e. The summed E-state index contributed by atoms with van der Waals surface area (Å²) >= 11 is 0. The van der Waals surface area contributed by atoms with Gasteiger partial charge < -0.3 is 30.1 Å². The van der Waals surface area contributed by atoms with E-state index in [1.807, 2.05) is 12.1 Å². The van der Waals surface area contributed by atoms with Crippen molar-refractivity contribution in [2.45, 2.75) is 6.18 Å². The van der Waals surface area contributed by atoms with E-state index in [-0.39, 0.29) is 28.0 Å². The van der Waals surface area contributed by atoms with E-state index in [0.29, 0.717) is 11.4 Å². The first-order chi connectivity index (χ1) is 16.2. The van der Waals surface area contributed by atoms with E-state index in [9.17, 15) is 23.1 Å².